The topological polar surface area (TPSA) is 23.5 Å². The van der Waals surface area contributed by atoms with Gasteiger partial charge in [-0.2, -0.15) is 0 Å². The number of benzene rings is 2. The molecule has 0 aliphatic carbocycles. The molecule has 0 aliphatic heterocycles. The molecule has 0 bridgehead atoms. The zero-order valence-electron chi connectivity index (χ0n) is 12.5. The molecule has 2 rings (SSSR count). The smallest absolute Gasteiger partial charge is 0.0967 e. The zero-order chi connectivity index (χ0) is 14.5. The third-order valence-corrected chi connectivity index (χ3v) is 3.69. The third-order valence-electron chi connectivity index (χ3n) is 3.69. The number of nitrogens with zero attached hydrogens (tertiary/aromatic N) is 1. The van der Waals surface area contributed by atoms with Gasteiger partial charge in [-0.05, 0) is 44.0 Å². The van der Waals surface area contributed by atoms with E-state index in [0.717, 1.165) is 23.4 Å². The maximum Gasteiger partial charge on any atom is 0.0967 e. The van der Waals surface area contributed by atoms with Gasteiger partial charge >= 0.3 is 0 Å². The summed E-state index contributed by atoms with van der Waals surface area (Å²) in [6.07, 6.45) is -0.463. The van der Waals surface area contributed by atoms with Crippen LogP contribution in [0.3, 0.4) is 0 Å². The normalized spacial score (nSPS) is 12.2. The van der Waals surface area contributed by atoms with Crippen LogP contribution in [0.5, 0.6) is 0 Å². The Balaban J connectivity index is 2.17. The molecule has 1 N–H and O–H groups in total. The van der Waals surface area contributed by atoms with Crippen LogP contribution in [0.4, 0.5) is 5.69 Å². The molecule has 2 aromatic rings. The molecule has 0 fully saturated rings. The Morgan fingerprint density at radius 3 is 2.40 bits per heavy atom. The molecule has 0 heterocycles. The van der Waals surface area contributed by atoms with Gasteiger partial charge in [-0.15, -0.1) is 0 Å². The van der Waals surface area contributed by atoms with E-state index in [0.29, 0.717) is 6.54 Å². The van der Waals surface area contributed by atoms with Crippen molar-refractivity contribution >= 4 is 5.69 Å². The highest BCUT2D eigenvalue weighted by molar-refractivity contribution is 5.46. The number of anilines is 1. The molecule has 106 valence electrons. The minimum absolute atomic E-state index is 0.463. The average molecular weight is 269 g/mol. The Hall–Kier alpha value is -1.80. The van der Waals surface area contributed by atoms with Crippen LogP contribution in [0, 0.1) is 13.8 Å². The van der Waals surface area contributed by atoms with Crippen molar-refractivity contribution in [1.29, 1.82) is 0 Å². The molecule has 0 radical (unpaired) electrons. The predicted octanol–water partition coefficient (Wildman–Crippen LogP) is 3.86. The fraction of sp³-hybridized carbons (Fsp3) is 0.333. The summed E-state index contributed by atoms with van der Waals surface area (Å²) in [5.41, 5.74) is 4.51. The molecule has 2 aromatic carbocycles. The van der Waals surface area contributed by atoms with Crippen LogP contribution >= 0.6 is 0 Å². The average Bonchev–Trinajstić information content (AvgIpc) is 2.48. The summed E-state index contributed by atoms with van der Waals surface area (Å²) >= 11 is 0. The Labute approximate surface area is 121 Å². The van der Waals surface area contributed by atoms with Crippen molar-refractivity contribution < 1.29 is 5.11 Å². The monoisotopic (exact) mass is 269 g/mol. The Kier molecular flexibility index (Phi) is 4.80. The second-order valence-corrected chi connectivity index (χ2v) is 5.25. The lowest BCUT2D eigenvalue weighted by atomic mass is 10.0. The van der Waals surface area contributed by atoms with Gasteiger partial charge in [0.2, 0.25) is 0 Å². The number of hydrogen-bond acceptors (Lipinski definition) is 2. The van der Waals surface area contributed by atoms with Crippen molar-refractivity contribution in [3.8, 4) is 0 Å². The fourth-order valence-corrected chi connectivity index (χ4v) is 2.48. The Bertz CT molecular complexity index is 551. The van der Waals surface area contributed by atoms with E-state index in [1.807, 2.05) is 18.2 Å². The lowest BCUT2D eigenvalue weighted by Gasteiger charge is -2.27. The highest BCUT2D eigenvalue weighted by Gasteiger charge is 2.15. The van der Waals surface area contributed by atoms with Gasteiger partial charge in [0, 0.05) is 18.8 Å². The number of aliphatic hydroxyl groups is 1. The quantitative estimate of drug-likeness (QED) is 0.891. The minimum atomic E-state index is -0.463. The summed E-state index contributed by atoms with van der Waals surface area (Å²) in [5.74, 6) is 0. The van der Waals surface area contributed by atoms with E-state index in [1.165, 1.54) is 5.56 Å². The summed E-state index contributed by atoms with van der Waals surface area (Å²) in [5, 5.41) is 10.5. The van der Waals surface area contributed by atoms with Crippen LogP contribution in [-0.4, -0.2) is 18.2 Å². The molecule has 1 unspecified atom stereocenters. The van der Waals surface area contributed by atoms with Crippen molar-refractivity contribution in [2.45, 2.75) is 26.9 Å². The highest BCUT2D eigenvalue weighted by atomic mass is 16.3. The molecule has 1 atom stereocenters. The highest BCUT2D eigenvalue weighted by Crippen LogP contribution is 2.22. The number of aryl methyl sites for hydroxylation is 2. The number of aliphatic hydroxyl groups excluding tert-OH is 1. The maximum atomic E-state index is 10.5. The number of hydrogen-bond donors (Lipinski definition) is 1. The molecule has 2 nitrogen and oxygen atoms in total. The lowest BCUT2D eigenvalue weighted by molar-refractivity contribution is 0.183. The van der Waals surface area contributed by atoms with Crippen molar-refractivity contribution in [2.24, 2.45) is 0 Å². The third kappa shape index (κ3) is 3.40. The van der Waals surface area contributed by atoms with Crippen LogP contribution in [0.1, 0.15) is 29.7 Å². The van der Waals surface area contributed by atoms with Crippen LogP contribution in [0.15, 0.2) is 48.5 Å². The predicted molar refractivity (Wildman–Crippen MR) is 85.2 cm³/mol. The molecule has 0 aliphatic rings. The van der Waals surface area contributed by atoms with Crippen molar-refractivity contribution in [2.75, 3.05) is 18.0 Å². The molecular formula is C18H23NO. The summed E-state index contributed by atoms with van der Waals surface area (Å²) in [4.78, 5) is 2.20. The molecule has 2 heteroatoms. The number of para-hydroxylation sites is 1. The zero-order valence-corrected chi connectivity index (χ0v) is 12.5. The Morgan fingerprint density at radius 1 is 1.05 bits per heavy atom. The number of rotatable bonds is 5. The molecular weight excluding hydrogens is 246 g/mol. The molecule has 0 aromatic heterocycles. The van der Waals surface area contributed by atoms with Gasteiger partial charge in [-0.1, -0.05) is 42.0 Å². The SMILES string of the molecule is CCN(CC(O)c1cc(C)ccc1C)c1ccccc1. The van der Waals surface area contributed by atoms with E-state index in [4.69, 9.17) is 0 Å². The molecule has 0 amide bonds. The molecule has 0 spiro atoms. The summed E-state index contributed by atoms with van der Waals surface area (Å²) in [6.45, 7) is 7.72. The van der Waals surface area contributed by atoms with Crippen LogP contribution in [-0.2, 0) is 0 Å². The standard InChI is InChI=1S/C18H23NO/c1-4-19(16-8-6-5-7-9-16)13-18(20)17-12-14(2)10-11-15(17)3/h5-12,18,20H,4,13H2,1-3H3. The molecule has 0 saturated carbocycles. The van der Waals surface area contributed by atoms with Gasteiger partial charge in [0.15, 0.2) is 0 Å². The van der Waals surface area contributed by atoms with Gasteiger partial charge in [0.25, 0.3) is 0 Å². The second-order valence-electron chi connectivity index (χ2n) is 5.25. The van der Waals surface area contributed by atoms with Crippen LogP contribution in [0.25, 0.3) is 0 Å². The largest absolute Gasteiger partial charge is 0.387 e. The first-order valence-corrected chi connectivity index (χ1v) is 7.17. The van der Waals surface area contributed by atoms with E-state index in [2.05, 4.69) is 56.0 Å². The lowest BCUT2D eigenvalue weighted by Crippen LogP contribution is -2.28. The Morgan fingerprint density at radius 2 is 1.75 bits per heavy atom. The summed E-state index contributed by atoms with van der Waals surface area (Å²) in [6, 6.07) is 16.5. The van der Waals surface area contributed by atoms with Gasteiger partial charge in [0.1, 0.15) is 0 Å². The van der Waals surface area contributed by atoms with E-state index in [9.17, 15) is 5.11 Å². The first-order valence-electron chi connectivity index (χ1n) is 7.17. The van der Waals surface area contributed by atoms with E-state index >= 15 is 0 Å². The van der Waals surface area contributed by atoms with Crippen LogP contribution in [0.2, 0.25) is 0 Å². The first-order chi connectivity index (χ1) is 9.61. The van der Waals surface area contributed by atoms with Crippen molar-refractivity contribution in [3.63, 3.8) is 0 Å². The van der Waals surface area contributed by atoms with Crippen LogP contribution < -0.4 is 4.90 Å². The summed E-state index contributed by atoms with van der Waals surface area (Å²) in [7, 11) is 0. The van der Waals surface area contributed by atoms with E-state index in [-0.39, 0.29) is 0 Å². The summed E-state index contributed by atoms with van der Waals surface area (Å²) < 4.78 is 0. The van der Waals surface area contributed by atoms with E-state index < -0.39 is 6.10 Å². The maximum absolute atomic E-state index is 10.5. The van der Waals surface area contributed by atoms with E-state index in [1.54, 1.807) is 0 Å². The minimum Gasteiger partial charge on any atom is -0.387 e. The van der Waals surface area contributed by atoms with Gasteiger partial charge in [0.05, 0.1) is 6.10 Å². The van der Waals surface area contributed by atoms with Crippen molar-refractivity contribution in [1.82, 2.24) is 0 Å². The molecule has 20 heavy (non-hydrogen) atoms. The van der Waals surface area contributed by atoms with Crippen molar-refractivity contribution in [3.05, 3.63) is 65.2 Å². The van der Waals surface area contributed by atoms with Gasteiger partial charge < -0.3 is 10.0 Å². The van der Waals surface area contributed by atoms with Gasteiger partial charge in [-0.3, -0.25) is 0 Å². The second kappa shape index (κ2) is 6.58. The fourth-order valence-electron chi connectivity index (χ4n) is 2.48. The first kappa shape index (κ1) is 14.6. The number of likely N-dealkylation sites (N-methyl/N-ethyl adjacent to an activating group) is 1. The molecule has 0 saturated heterocycles. The van der Waals surface area contributed by atoms with Gasteiger partial charge in [-0.25, -0.2) is 0 Å².